The fourth-order valence-corrected chi connectivity index (χ4v) is 3.12. The van der Waals surface area contributed by atoms with Crippen molar-refractivity contribution in [2.75, 3.05) is 0 Å². The normalized spacial score (nSPS) is 11.4. The van der Waals surface area contributed by atoms with Crippen molar-refractivity contribution in [3.63, 3.8) is 0 Å². The molecule has 0 radical (unpaired) electrons. The summed E-state index contributed by atoms with van der Waals surface area (Å²) in [6.07, 6.45) is 1.88. The molecule has 0 amide bonds. The third-order valence-corrected chi connectivity index (χ3v) is 4.06. The molecule has 0 aliphatic rings. The molecule has 0 aliphatic carbocycles. The molecule has 2 heterocycles. The maximum atomic E-state index is 5.94. The molecule has 4 aromatic rings. The van der Waals surface area contributed by atoms with E-state index in [1.165, 1.54) is 16.5 Å². The van der Waals surface area contributed by atoms with Gasteiger partial charge in [0.25, 0.3) is 0 Å². The molecule has 2 aromatic carbocycles. The lowest BCUT2D eigenvalue weighted by Crippen LogP contribution is -1.88. The summed E-state index contributed by atoms with van der Waals surface area (Å²) in [7, 11) is 0. The van der Waals surface area contributed by atoms with Gasteiger partial charge in [-0.2, -0.15) is 0 Å². The summed E-state index contributed by atoms with van der Waals surface area (Å²) < 4.78 is 5.94. The molecule has 22 heavy (non-hydrogen) atoms. The molecule has 108 valence electrons. The molecule has 0 unspecified atom stereocenters. The third-order valence-electron chi connectivity index (χ3n) is 4.06. The standard InChI is InChI=1S/C20H17NO/c1-12-4-5-17-15(8-12)6-7-21-19(17)18-10-13(2)9-16-11-14(3)22-20(16)18/h4-11H,1-3H3. The number of furan rings is 1. The molecular weight excluding hydrogens is 270 g/mol. The van der Waals surface area contributed by atoms with E-state index in [1.807, 2.05) is 13.1 Å². The molecule has 4 rings (SSSR count). The zero-order valence-electron chi connectivity index (χ0n) is 13.0. The average Bonchev–Trinajstić information content (AvgIpc) is 2.85. The molecule has 2 heteroatoms. The average molecular weight is 287 g/mol. The van der Waals surface area contributed by atoms with E-state index < -0.39 is 0 Å². The largest absolute Gasteiger partial charge is 0.461 e. The van der Waals surface area contributed by atoms with Gasteiger partial charge in [-0.05, 0) is 56.0 Å². The van der Waals surface area contributed by atoms with Gasteiger partial charge in [0.15, 0.2) is 0 Å². The molecule has 0 spiro atoms. The second-order valence-corrected chi connectivity index (χ2v) is 5.97. The lowest BCUT2D eigenvalue weighted by molar-refractivity contribution is 0.579. The molecule has 0 aliphatic heterocycles. The predicted octanol–water partition coefficient (Wildman–Crippen LogP) is 5.57. The van der Waals surface area contributed by atoms with E-state index in [0.717, 1.165) is 33.4 Å². The van der Waals surface area contributed by atoms with Crippen molar-refractivity contribution in [1.29, 1.82) is 0 Å². The lowest BCUT2D eigenvalue weighted by atomic mass is 9.99. The fourth-order valence-electron chi connectivity index (χ4n) is 3.12. The van der Waals surface area contributed by atoms with Gasteiger partial charge in [0.1, 0.15) is 11.3 Å². The molecule has 0 fully saturated rings. The number of fused-ring (bicyclic) bond motifs is 2. The molecular formula is C20H17NO. The summed E-state index contributed by atoms with van der Waals surface area (Å²) in [5.74, 6) is 0.929. The first-order chi connectivity index (χ1) is 10.6. The van der Waals surface area contributed by atoms with Crippen LogP contribution in [0, 0.1) is 20.8 Å². The van der Waals surface area contributed by atoms with Gasteiger partial charge < -0.3 is 4.42 Å². The van der Waals surface area contributed by atoms with Crippen LogP contribution >= 0.6 is 0 Å². The van der Waals surface area contributed by atoms with E-state index in [1.54, 1.807) is 0 Å². The van der Waals surface area contributed by atoms with Gasteiger partial charge in [0, 0.05) is 22.5 Å². The minimum absolute atomic E-state index is 0.920. The summed E-state index contributed by atoms with van der Waals surface area (Å²) in [6.45, 7) is 6.21. The summed E-state index contributed by atoms with van der Waals surface area (Å²) >= 11 is 0. The first-order valence-corrected chi connectivity index (χ1v) is 7.48. The van der Waals surface area contributed by atoms with Crippen molar-refractivity contribution < 1.29 is 4.42 Å². The summed E-state index contributed by atoms with van der Waals surface area (Å²) in [5, 5.41) is 3.51. The number of aromatic nitrogens is 1. The number of nitrogens with zero attached hydrogens (tertiary/aromatic N) is 1. The molecule has 0 saturated heterocycles. The van der Waals surface area contributed by atoms with Crippen LogP contribution in [-0.2, 0) is 0 Å². The lowest BCUT2D eigenvalue weighted by Gasteiger charge is -2.08. The highest BCUT2D eigenvalue weighted by Gasteiger charge is 2.13. The van der Waals surface area contributed by atoms with Crippen LogP contribution in [0.25, 0.3) is 33.0 Å². The summed E-state index contributed by atoms with van der Waals surface area (Å²) in [4.78, 5) is 4.65. The Morgan fingerprint density at radius 2 is 1.64 bits per heavy atom. The van der Waals surface area contributed by atoms with Crippen LogP contribution < -0.4 is 0 Å². The number of rotatable bonds is 1. The van der Waals surface area contributed by atoms with Crippen molar-refractivity contribution in [2.45, 2.75) is 20.8 Å². The monoisotopic (exact) mass is 287 g/mol. The van der Waals surface area contributed by atoms with Crippen LogP contribution in [0.1, 0.15) is 16.9 Å². The van der Waals surface area contributed by atoms with E-state index in [4.69, 9.17) is 4.42 Å². The van der Waals surface area contributed by atoms with Gasteiger partial charge in [-0.15, -0.1) is 0 Å². The van der Waals surface area contributed by atoms with E-state index >= 15 is 0 Å². The first kappa shape index (κ1) is 13.1. The second-order valence-electron chi connectivity index (χ2n) is 5.97. The van der Waals surface area contributed by atoms with Crippen molar-refractivity contribution in [3.05, 3.63) is 65.5 Å². The zero-order chi connectivity index (χ0) is 15.3. The third kappa shape index (κ3) is 2.00. The summed E-state index contributed by atoms with van der Waals surface area (Å²) in [6, 6.07) is 14.9. The van der Waals surface area contributed by atoms with Crippen LogP contribution in [0.4, 0.5) is 0 Å². The molecule has 0 atom stereocenters. The van der Waals surface area contributed by atoms with Crippen molar-refractivity contribution in [3.8, 4) is 11.3 Å². The number of benzene rings is 2. The number of aryl methyl sites for hydroxylation is 3. The van der Waals surface area contributed by atoms with E-state index in [-0.39, 0.29) is 0 Å². The fraction of sp³-hybridized carbons (Fsp3) is 0.150. The van der Waals surface area contributed by atoms with E-state index in [0.29, 0.717) is 0 Å². The SMILES string of the molecule is Cc1ccc2c(-c3cc(C)cc4cc(C)oc34)nccc2c1. The van der Waals surface area contributed by atoms with E-state index in [2.05, 4.69) is 61.3 Å². The number of hydrogen-bond acceptors (Lipinski definition) is 2. The van der Waals surface area contributed by atoms with Crippen LogP contribution in [0.2, 0.25) is 0 Å². The van der Waals surface area contributed by atoms with Crippen LogP contribution in [0.15, 0.2) is 53.1 Å². The smallest absolute Gasteiger partial charge is 0.143 e. The number of pyridine rings is 1. The van der Waals surface area contributed by atoms with Crippen LogP contribution in [0.5, 0.6) is 0 Å². The van der Waals surface area contributed by atoms with Gasteiger partial charge in [0.05, 0.1) is 5.69 Å². The molecule has 0 saturated carbocycles. The predicted molar refractivity (Wildman–Crippen MR) is 91.2 cm³/mol. The Morgan fingerprint density at radius 1 is 0.818 bits per heavy atom. The van der Waals surface area contributed by atoms with E-state index in [9.17, 15) is 0 Å². The Hall–Kier alpha value is -2.61. The Morgan fingerprint density at radius 3 is 2.50 bits per heavy atom. The van der Waals surface area contributed by atoms with Crippen LogP contribution in [0.3, 0.4) is 0 Å². The summed E-state index contributed by atoms with van der Waals surface area (Å²) in [5.41, 5.74) is 5.45. The molecule has 0 N–H and O–H groups in total. The Labute approximate surface area is 129 Å². The van der Waals surface area contributed by atoms with Gasteiger partial charge in [-0.25, -0.2) is 0 Å². The van der Waals surface area contributed by atoms with Crippen molar-refractivity contribution in [2.24, 2.45) is 0 Å². The van der Waals surface area contributed by atoms with Gasteiger partial charge in [-0.3, -0.25) is 4.98 Å². The zero-order valence-corrected chi connectivity index (χ0v) is 13.0. The van der Waals surface area contributed by atoms with Gasteiger partial charge in [-0.1, -0.05) is 23.8 Å². The quantitative estimate of drug-likeness (QED) is 0.457. The van der Waals surface area contributed by atoms with Crippen molar-refractivity contribution in [1.82, 2.24) is 4.98 Å². The minimum atomic E-state index is 0.920. The van der Waals surface area contributed by atoms with Gasteiger partial charge in [0.2, 0.25) is 0 Å². The molecule has 2 aromatic heterocycles. The Kier molecular flexibility index (Phi) is 2.80. The highest BCUT2D eigenvalue weighted by molar-refractivity contribution is 6.02. The maximum Gasteiger partial charge on any atom is 0.143 e. The van der Waals surface area contributed by atoms with Gasteiger partial charge >= 0.3 is 0 Å². The number of hydrogen-bond donors (Lipinski definition) is 0. The maximum absolute atomic E-state index is 5.94. The van der Waals surface area contributed by atoms with Crippen LogP contribution in [-0.4, -0.2) is 4.98 Å². The van der Waals surface area contributed by atoms with Crippen molar-refractivity contribution >= 4 is 21.7 Å². The highest BCUT2D eigenvalue weighted by Crippen LogP contribution is 2.35. The first-order valence-electron chi connectivity index (χ1n) is 7.48. The Balaban J connectivity index is 2.11. The second kappa shape index (κ2) is 4.70. The minimum Gasteiger partial charge on any atom is -0.461 e. The molecule has 2 nitrogen and oxygen atoms in total. The Bertz CT molecular complexity index is 1010. The molecule has 0 bridgehead atoms. The highest BCUT2D eigenvalue weighted by atomic mass is 16.3. The topological polar surface area (TPSA) is 26.0 Å².